The van der Waals surface area contributed by atoms with Crippen LogP contribution >= 0.6 is 0 Å². The summed E-state index contributed by atoms with van der Waals surface area (Å²) < 4.78 is 57.1. The summed E-state index contributed by atoms with van der Waals surface area (Å²) >= 11 is 0. The summed E-state index contributed by atoms with van der Waals surface area (Å²) in [5.74, 6) is 5.09. The Hall–Kier alpha value is -4.20. The maximum absolute atomic E-state index is 14.2. The Morgan fingerprint density at radius 3 is 2.48 bits per heavy atom. The van der Waals surface area contributed by atoms with Gasteiger partial charge in [-0.1, -0.05) is 91.6 Å². The number of ether oxygens (including phenoxy) is 2. The SMILES string of the molecule is CC1CCc2cc3ccc2C1CC(S(=O)(=O)[O-])C1C=C2CC(CC4CC(CO)CC#Cc5cc(O)ccc5C2O4)C1c1ccc(cc1)C(CC(Cc1ccccc1)C1(O)CCC(CCCO)C1)(N=C(N)N)O3.[Na+]. The van der Waals surface area contributed by atoms with Crippen LogP contribution in [0.25, 0.3) is 0 Å². The molecule has 12 rings (SSSR count). The van der Waals surface area contributed by atoms with Crippen LogP contribution in [0.2, 0.25) is 0 Å². The van der Waals surface area contributed by atoms with Crippen molar-refractivity contribution in [2.75, 3.05) is 13.2 Å². The summed E-state index contributed by atoms with van der Waals surface area (Å²) in [5.41, 5.74) is 17.1. The zero-order valence-corrected chi connectivity index (χ0v) is 45.1. The monoisotopic (exact) mass is 1020 g/mol. The number of nitrogens with zero attached hydrogens (tertiary/aromatic N) is 1. The second kappa shape index (κ2) is 22.2. The van der Waals surface area contributed by atoms with Gasteiger partial charge in [-0.05, 0) is 176 Å². The van der Waals surface area contributed by atoms with E-state index in [0.717, 1.165) is 59.1 Å². The molecule has 14 heteroatoms. The minimum atomic E-state index is -4.93. The van der Waals surface area contributed by atoms with Crippen LogP contribution in [0.15, 0.2) is 108 Å². The maximum atomic E-state index is 14.2. The van der Waals surface area contributed by atoms with Gasteiger partial charge in [0.1, 0.15) is 17.6 Å². The number of phenols is 1. The molecule has 13 unspecified atom stereocenters. The molecule has 0 radical (unpaired) electrons. The molecule has 8 aliphatic rings. The van der Waals surface area contributed by atoms with Crippen molar-refractivity contribution in [3.05, 3.63) is 142 Å². The number of hydrogen-bond donors (Lipinski definition) is 6. The van der Waals surface area contributed by atoms with Gasteiger partial charge in [-0.15, -0.1) is 0 Å². The quantitative estimate of drug-likeness (QED) is 0.0280. The number of hydrogen-bond acceptors (Lipinski definition) is 10. The number of rotatable bonds is 11. The van der Waals surface area contributed by atoms with Crippen LogP contribution in [0.5, 0.6) is 11.5 Å². The zero-order chi connectivity index (χ0) is 50.4. The Labute approximate surface area is 453 Å². The average molecular weight is 1020 g/mol. The molecule has 4 aromatic carbocycles. The van der Waals surface area contributed by atoms with Crippen molar-refractivity contribution in [3.63, 3.8) is 0 Å². The number of phenolic OH excluding ortho intramolecular Hbond substituents is 1. The number of benzene rings is 4. The average Bonchev–Trinajstić information content (AvgIpc) is 3.68. The van der Waals surface area contributed by atoms with Gasteiger partial charge in [-0.3, -0.25) is 0 Å². The van der Waals surface area contributed by atoms with Crippen LogP contribution in [-0.2, 0) is 33.4 Å². The molecule has 13 atom stereocenters. The van der Waals surface area contributed by atoms with Gasteiger partial charge < -0.3 is 45.9 Å². The van der Waals surface area contributed by atoms with Crippen LogP contribution in [-0.4, -0.2) is 69.5 Å². The van der Waals surface area contributed by atoms with E-state index in [1.807, 2.05) is 72.8 Å². The predicted molar refractivity (Wildman–Crippen MR) is 276 cm³/mol. The second-order valence-electron chi connectivity index (χ2n) is 22.2. The molecule has 0 amide bonds. The molecule has 2 fully saturated rings. The van der Waals surface area contributed by atoms with E-state index in [9.17, 15) is 33.4 Å². The van der Waals surface area contributed by atoms with Crippen molar-refractivity contribution < 1.29 is 72.4 Å². The molecule has 10 bridgehead atoms. The van der Waals surface area contributed by atoms with Gasteiger partial charge in [0, 0.05) is 42.7 Å². The first-order chi connectivity index (χ1) is 34.6. The third-order valence-corrected chi connectivity index (χ3v) is 18.8. The van der Waals surface area contributed by atoms with Gasteiger partial charge in [0.15, 0.2) is 5.96 Å². The van der Waals surface area contributed by atoms with E-state index in [4.69, 9.17) is 25.9 Å². The molecule has 1 saturated carbocycles. The molecule has 5 aliphatic heterocycles. The summed E-state index contributed by atoms with van der Waals surface area (Å²) in [5, 5.41) is 42.6. The predicted octanol–water partition coefficient (Wildman–Crippen LogP) is 5.37. The fourth-order valence-electron chi connectivity index (χ4n) is 14.0. The molecule has 1 saturated heterocycles. The maximum Gasteiger partial charge on any atom is 1.00 e. The number of aliphatic hydroxyl groups is 3. The topological polar surface area (TPSA) is 221 Å². The van der Waals surface area contributed by atoms with Gasteiger partial charge in [0.05, 0.1) is 27.1 Å². The number of guanidine groups is 1. The van der Waals surface area contributed by atoms with Crippen LogP contribution in [0.4, 0.5) is 0 Å². The van der Waals surface area contributed by atoms with E-state index < -0.39 is 44.6 Å². The molecule has 8 N–H and O–H groups in total. The molecular formula is C59H70N3NaO9S. The summed E-state index contributed by atoms with van der Waals surface area (Å²) in [4.78, 5) is 5.06. The third-order valence-electron chi connectivity index (χ3n) is 17.6. The van der Waals surface area contributed by atoms with Crippen LogP contribution in [0.1, 0.15) is 141 Å². The number of aliphatic imine (C=N–C) groups is 1. The second-order valence-corrected chi connectivity index (χ2v) is 23.8. The molecular weight excluding hydrogens is 950 g/mol. The molecule has 12 nitrogen and oxygen atoms in total. The molecule has 0 aromatic heterocycles. The number of aromatic hydroxyl groups is 1. The minimum absolute atomic E-state index is 0. The van der Waals surface area contributed by atoms with E-state index in [-0.39, 0.29) is 109 Å². The minimum Gasteiger partial charge on any atom is -0.748 e. The first-order valence-corrected chi connectivity index (χ1v) is 27.7. The van der Waals surface area contributed by atoms with Crippen molar-refractivity contribution in [1.82, 2.24) is 0 Å². The van der Waals surface area contributed by atoms with E-state index >= 15 is 0 Å². The summed E-state index contributed by atoms with van der Waals surface area (Å²) in [6, 6.07) is 29.2. The fourth-order valence-corrected chi connectivity index (χ4v) is 15.1. The summed E-state index contributed by atoms with van der Waals surface area (Å²) in [6.07, 6.45) is 8.99. The van der Waals surface area contributed by atoms with Crippen LogP contribution in [0, 0.1) is 47.3 Å². The summed E-state index contributed by atoms with van der Waals surface area (Å²) in [7, 11) is -4.93. The van der Waals surface area contributed by atoms with Gasteiger partial charge >= 0.3 is 29.6 Å². The zero-order valence-electron chi connectivity index (χ0n) is 42.2. The number of aryl methyl sites for hydroxylation is 1. The van der Waals surface area contributed by atoms with Gasteiger partial charge in [0.2, 0.25) is 5.72 Å². The molecule has 4 aromatic rings. The van der Waals surface area contributed by atoms with Gasteiger partial charge in [-0.25, -0.2) is 13.4 Å². The fraction of sp³-hybridized carbons (Fsp3) is 0.508. The van der Waals surface area contributed by atoms with Crippen molar-refractivity contribution in [2.45, 2.75) is 137 Å². The van der Waals surface area contributed by atoms with Crippen molar-refractivity contribution in [2.24, 2.45) is 52.0 Å². The van der Waals surface area contributed by atoms with Gasteiger partial charge in [0.25, 0.3) is 0 Å². The molecule has 73 heavy (non-hydrogen) atoms. The first kappa shape index (κ1) is 53.6. The Balaban J connectivity index is 0.00000656. The number of allylic oxidation sites excluding steroid dienone is 1. The molecule has 0 spiro atoms. The molecule has 3 aliphatic carbocycles. The van der Waals surface area contributed by atoms with Crippen molar-refractivity contribution >= 4 is 16.1 Å². The van der Waals surface area contributed by atoms with Crippen molar-refractivity contribution in [3.8, 4) is 23.3 Å². The van der Waals surface area contributed by atoms with E-state index in [1.54, 1.807) is 12.1 Å². The number of fused-ring (bicyclic) bond motifs is 9. The largest absolute Gasteiger partial charge is 1.00 e. The first-order valence-electron chi connectivity index (χ1n) is 26.3. The number of nitrogens with two attached hydrogens (primary N) is 2. The summed E-state index contributed by atoms with van der Waals surface area (Å²) in [6.45, 7) is 2.16. The Morgan fingerprint density at radius 2 is 1.74 bits per heavy atom. The van der Waals surface area contributed by atoms with E-state index in [1.165, 1.54) is 0 Å². The molecule has 5 heterocycles. The smallest absolute Gasteiger partial charge is 0.748 e. The standard InChI is InChI=1S/C59H71N3O9S.Na/c1-36-12-13-42-29-48-19-21-50(42)52(36)32-54(72(67,68)69)53-31-44-27-43(30-49-26-39(35-64)9-5-11-41-28-47(65)18-20-51(41)56(44)70-49)55(53)40-14-16-45(17-15-40)59(71-48,62-57(60)61)34-46(25-37-7-3-2-4-8-37)58(66)23-22-38(33-58)10-6-24-63;/h2-4,7-8,14-21,28-29,31,36,38-39,43,46,49,52-56,63-66H,6,9-10,12-13,22-27,30,32-35H2,1H3,(H4,60,61,62)(H,67,68,69);/q;+1/p-1. The van der Waals surface area contributed by atoms with Crippen LogP contribution < -0.4 is 45.8 Å². The van der Waals surface area contributed by atoms with E-state index in [0.29, 0.717) is 68.2 Å². The van der Waals surface area contributed by atoms with Gasteiger partial charge in [-0.2, -0.15) is 0 Å². The molecule has 382 valence electrons. The normalized spacial score (nSPS) is 31.8. The Bertz CT molecular complexity index is 2850. The van der Waals surface area contributed by atoms with Crippen molar-refractivity contribution in [1.29, 1.82) is 0 Å². The van der Waals surface area contributed by atoms with E-state index in [2.05, 4.69) is 30.9 Å². The Kier molecular flexibility index (Phi) is 16.3. The number of aliphatic hydroxyl groups excluding tert-OH is 2. The third kappa shape index (κ3) is 11.4. The Morgan fingerprint density at radius 1 is 0.959 bits per heavy atom. The van der Waals surface area contributed by atoms with Crippen LogP contribution in [0.3, 0.4) is 0 Å².